The number of aromatic nitrogens is 3. The first kappa shape index (κ1) is 20.3. The SMILES string of the molecule is CCCCc1cn(C[C@@]2(C)[C@H](C(=O)[O-])N3C(=O)C[C@@H]3S2(=O)=O)nn1.[Na+]. The van der Waals surface area contributed by atoms with Crippen LogP contribution in [-0.4, -0.2) is 56.4 Å². The van der Waals surface area contributed by atoms with E-state index >= 15 is 0 Å². The maximum absolute atomic E-state index is 12.8. The average molecular weight is 378 g/mol. The third-order valence-corrected chi connectivity index (χ3v) is 7.65. The van der Waals surface area contributed by atoms with Gasteiger partial charge in [0, 0.05) is 6.20 Å². The molecule has 0 N–H and O–H groups in total. The van der Waals surface area contributed by atoms with Crippen molar-refractivity contribution >= 4 is 21.7 Å². The van der Waals surface area contributed by atoms with Crippen LogP contribution in [0.25, 0.3) is 0 Å². The fourth-order valence-corrected chi connectivity index (χ4v) is 5.84. The molecule has 0 radical (unpaired) electrons. The molecule has 3 atom stereocenters. The Bertz CT molecular complexity index is 795. The van der Waals surface area contributed by atoms with E-state index in [2.05, 4.69) is 10.3 Å². The smallest absolute Gasteiger partial charge is 0.548 e. The van der Waals surface area contributed by atoms with E-state index in [0.717, 1.165) is 29.9 Å². The first-order valence-corrected chi connectivity index (χ1v) is 9.41. The summed E-state index contributed by atoms with van der Waals surface area (Å²) in [6.45, 7) is 3.19. The van der Waals surface area contributed by atoms with E-state index in [4.69, 9.17) is 0 Å². The number of amides is 1. The Morgan fingerprint density at radius 3 is 2.72 bits per heavy atom. The number of carboxylic acids is 1. The summed E-state index contributed by atoms with van der Waals surface area (Å²) in [5.74, 6) is -2.05. The molecule has 0 unspecified atom stereocenters. The average Bonchev–Trinajstić information content (AvgIpc) is 2.98. The van der Waals surface area contributed by atoms with Crippen molar-refractivity contribution in [1.29, 1.82) is 0 Å². The van der Waals surface area contributed by atoms with Gasteiger partial charge < -0.3 is 14.8 Å². The Balaban J connectivity index is 0.00000225. The van der Waals surface area contributed by atoms with Crippen molar-refractivity contribution < 1.29 is 52.7 Å². The fraction of sp³-hybridized carbons (Fsp3) is 0.714. The molecule has 0 spiro atoms. The van der Waals surface area contributed by atoms with Crippen LogP contribution in [0.4, 0.5) is 0 Å². The van der Waals surface area contributed by atoms with Gasteiger partial charge in [0.05, 0.1) is 30.7 Å². The Labute approximate surface area is 168 Å². The molecule has 1 amide bonds. The van der Waals surface area contributed by atoms with Crippen molar-refractivity contribution in [1.82, 2.24) is 19.9 Å². The van der Waals surface area contributed by atoms with Crippen LogP contribution in [0.2, 0.25) is 0 Å². The van der Waals surface area contributed by atoms with Gasteiger partial charge in [-0.25, -0.2) is 8.42 Å². The maximum atomic E-state index is 12.8. The van der Waals surface area contributed by atoms with E-state index in [0.29, 0.717) is 0 Å². The molecule has 0 bridgehead atoms. The van der Waals surface area contributed by atoms with Gasteiger partial charge in [-0.15, -0.1) is 5.10 Å². The van der Waals surface area contributed by atoms with Gasteiger partial charge in [0.25, 0.3) is 0 Å². The van der Waals surface area contributed by atoms with Gasteiger partial charge in [-0.3, -0.25) is 9.48 Å². The molecule has 0 aliphatic carbocycles. The minimum absolute atomic E-state index is 0. The number of rotatable bonds is 6. The molecule has 0 aromatic carbocycles. The summed E-state index contributed by atoms with van der Waals surface area (Å²) in [6, 6.07) is -1.52. The summed E-state index contributed by atoms with van der Waals surface area (Å²) in [4.78, 5) is 24.2. The van der Waals surface area contributed by atoms with Gasteiger partial charge in [-0.2, -0.15) is 0 Å². The number of hydrogen-bond donors (Lipinski definition) is 0. The summed E-state index contributed by atoms with van der Waals surface area (Å²) in [5.41, 5.74) is 0.722. The molecule has 2 aliphatic heterocycles. The van der Waals surface area contributed by atoms with E-state index in [1.807, 2.05) is 6.92 Å². The van der Waals surface area contributed by atoms with Crippen molar-refractivity contribution in [2.45, 2.75) is 62.2 Å². The van der Waals surface area contributed by atoms with E-state index in [1.165, 1.54) is 11.6 Å². The molecule has 2 saturated heterocycles. The molecule has 9 nitrogen and oxygen atoms in total. The van der Waals surface area contributed by atoms with E-state index in [9.17, 15) is 23.1 Å². The zero-order valence-corrected chi connectivity index (χ0v) is 17.3. The summed E-state index contributed by atoms with van der Waals surface area (Å²) in [5, 5.41) is 18.4. The second kappa shape index (κ2) is 6.98. The quantitative estimate of drug-likeness (QED) is 0.361. The standard InChI is InChI=1S/C14H20N4O5S.Na/c1-3-4-5-9-7-17(16-15-9)8-14(2)12(13(20)21)18-10(19)6-11(18)24(14,22)23;/h7,11-12H,3-6,8H2,1-2H3,(H,20,21);/q;+1/p-1/t11-,12-,14-;/m0./s1. The maximum Gasteiger partial charge on any atom is 1.00 e. The molecule has 132 valence electrons. The number of fused-ring (bicyclic) bond motifs is 1. The zero-order valence-electron chi connectivity index (χ0n) is 14.5. The van der Waals surface area contributed by atoms with Crippen molar-refractivity contribution in [2.24, 2.45) is 0 Å². The van der Waals surface area contributed by atoms with E-state index in [1.54, 1.807) is 6.20 Å². The number of carbonyl (C=O) groups is 2. The molecule has 1 aromatic rings. The van der Waals surface area contributed by atoms with Gasteiger partial charge in [-0.1, -0.05) is 18.6 Å². The second-order valence-corrected chi connectivity index (χ2v) is 9.12. The Morgan fingerprint density at radius 2 is 2.16 bits per heavy atom. The molecule has 11 heteroatoms. The fourth-order valence-electron chi connectivity index (χ4n) is 3.48. The monoisotopic (exact) mass is 378 g/mol. The van der Waals surface area contributed by atoms with Gasteiger partial charge in [0.2, 0.25) is 5.91 Å². The molecule has 1 aromatic heterocycles. The molecule has 25 heavy (non-hydrogen) atoms. The molecule has 3 rings (SSSR count). The second-order valence-electron chi connectivity index (χ2n) is 6.55. The van der Waals surface area contributed by atoms with Crippen LogP contribution >= 0.6 is 0 Å². The summed E-state index contributed by atoms with van der Waals surface area (Å²) < 4.78 is 25.2. The Kier molecular flexibility index (Phi) is 5.68. The van der Waals surface area contributed by atoms with Crippen LogP contribution in [-0.2, 0) is 32.4 Å². The van der Waals surface area contributed by atoms with Crippen molar-refractivity contribution in [3.05, 3.63) is 11.9 Å². The van der Waals surface area contributed by atoms with Crippen LogP contribution in [0.1, 0.15) is 38.8 Å². The van der Waals surface area contributed by atoms with Crippen LogP contribution in [0.3, 0.4) is 0 Å². The van der Waals surface area contributed by atoms with E-state index < -0.39 is 37.9 Å². The number of sulfone groups is 1. The van der Waals surface area contributed by atoms with Gasteiger partial charge in [0.15, 0.2) is 9.84 Å². The minimum atomic E-state index is -3.87. The topological polar surface area (TPSA) is 125 Å². The normalized spacial score (nSPS) is 29.7. The van der Waals surface area contributed by atoms with Crippen LogP contribution < -0.4 is 34.7 Å². The van der Waals surface area contributed by atoms with Crippen LogP contribution in [0, 0.1) is 0 Å². The van der Waals surface area contributed by atoms with Crippen molar-refractivity contribution in [3.8, 4) is 0 Å². The summed E-state index contributed by atoms with van der Waals surface area (Å²) in [7, 11) is -3.87. The van der Waals surface area contributed by atoms with E-state index in [-0.39, 0.29) is 42.5 Å². The molecule has 2 fully saturated rings. The number of aliphatic carboxylic acids is 1. The third-order valence-electron chi connectivity index (χ3n) is 4.88. The largest absolute Gasteiger partial charge is 1.00 e. The third kappa shape index (κ3) is 3.02. The number of carboxylic acid groups (broad SMARTS) is 1. The first-order chi connectivity index (χ1) is 11.2. The molecular weight excluding hydrogens is 359 g/mol. The number of β-lactam (4-membered cyclic amide) rings is 1. The van der Waals surface area contributed by atoms with Crippen LogP contribution in [0.15, 0.2) is 6.20 Å². The first-order valence-electron chi connectivity index (χ1n) is 7.87. The summed E-state index contributed by atoms with van der Waals surface area (Å²) >= 11 is 0. The predicted octanol–water partition coefficient (Wildman–Crippen LogP) is -4.51. The molecule has 0 saturated carbocycles. The molecule has 2 aliphatic rings. The van der Waals surface area contributed by atoms with Crippen molar-refractivity contribution in [3.63, 3.8) is 0 Å². The minimum Gasteiger partial charge on any atom is -0.548 e. The number of carbonyl (C=O) groups excluding carboxylic acids is 2. The van der Waals surface area contributed by atoms with Gasteiger partial charge in [0.1, 0.15) is 10.1 Å². The van der Waals surface area contributed by atoms with Crippen LogP contribution in [0.5, 0.6) is 0 Å². The van der Waals surface area contributed by atoms with Gasteiger partial charge in [-0.05, 0) is 19.8 Å². The predicted molar refractivity (Wildman–Crippen MR) is 80.0 cm³/mol. The van der Waals surface area contributed by atoms with Gasteiger partial charge >= 0.3 is 29.6 Å². The van der Waals surface area contributed by atoms with Crippen molar-refractivity contribution in [2.75, 3.05) is 0 Å². The Hall–Kier alpha value is -0.970. The number of nitrogens with zero attached hydrogens (tertiary/aromatic N) is 4. The molecular formula is C14H19N4NaO5S. The zero-order chi connectivity index (χ0) is 17.7. The molecule has 3 heterocycles. The Morgan fingerprint density at radius 1 is 1.48 bits per heavy atom. The summed E-state index contributed by atoms with van der Waals surface area (Å²) in [6.07, 6.45) is 4.09. The number of unbranched alkanes of at least 4 members (excludes halogenated alkanes) is 1. The number of hydrogen-bond acceptors (Lipinski definition) is 7. The number of aryl methyl sites for hydroxylation is 1.